The summed E-state index contributed by atoms with van der Waals surface area (Å²) in [4.78, 5) is 21.6. The molecule has 1 aliphatic heterocycles. The first-order valence-electron chi connectivity index (χ1n) is 11.2. The van der Waals surface area contributed by atoms with E-state index in [1.807, 2.05) is 23.1 Å². The second kappa shape index (κ2) is 9.12. The number of amides is 1. The van der Waals surface area contributed by atoms with E-state index in [0.29, 0.717) is 19.2 Å². The number of benzene rings is 2. The number of ether oxygens (including phenoxy) is 2. The van der Waals surface area contributed by atoms with Gasteiger partial charge in [0.15, 0.2) is 0 Å². The van der Waals surface area contributed by atoms with Crippen molar-refractivity contribution in [3.05, 3.63) is 54.1 Å². The Morgan fingerprint density at radius 3 is 2.78 bits per heavy atom. The molecule has 0 radical (unpaired) electrons. The van der Waals surface area contributed by atoms with Crippen LogP contribution in [-0.2, 0) is 16.1 Å². The Labute approximate surface area is 193 Å². The Balaban J connectivity index is 1.58. The third-order valence-electron chi connectivity index (χ3n) is 6.26. The zero-order valence-corrected chi connectivity index (χ0v) is 19.4. The molecule has 2 aliphatic rings. The van der Waals surface area contributed by atoms with Crippen LogP contribution in [0.5, 0.6) is 5.75 Å². The number of carbonyl (C=O) groups excluding carboxylic acids is 1. The van der Waals surface area contributed by atoms with E-state index >= 15 is 0 Å². The van der Waals surface area contributed by atoms with Crippen LogP contribution < -0.4 is 4.74 Å². The monoisotopic (exact) mass is 448 g/mol. The van der Waals surface area contributed by atoms with E-state index in [4.69, 9.17) is 14.5 Å². The molecule has 1 amide bonds. The Morgan fingerprint density at radius 2 is 2.06 bits per heavy atom. The van der Waals surface area contributed by atoms with Crippen LogP contribution in [0.2, 0.25) is 0 Å². The molecule has 1 aromatic heterocycles. The molecule has 1 atom stereocenters. The predicted molar refractivity (Wildman–Crippen MR) is 128 cm³/mol. The Bertz CT molecular complexity index is 1140. The molecule has 32 heavy (non-hydrogen) atoms. The number of aromatic nitrogens is 1. The highest BCUT2D eigenvalue weighted by atomic mass is 32.2. The summed E-state index contributed by atoms with van der Waals surface area (Å²) in [7, 11) is 1.67. The average Bonchev–Trinajstić information content (AvgIpc) is 3.53. The van der Waals surface area contributed by atoms with Gasteiger partial charge in [-0.15, -0.1) is 11.8 Å². The fourth-order valence-corrected chi connectivity index (χ4v) is 4.81. The van der Waals surface area contributed by atoms with E-state index in [-0.39, 0.29) is 12.0 Å². The van der Waals surface area contributed by atoms with Gasteiger partial charge < -0.3 is 14.4 Å². The fraction of sp³-hybridized carbons (Fsp3) is 0.385. The van der Waals surface area contributed by atoms with Gasteiger partial charge in [0, 0.05) is 35.0 Å². The van der Waals surface area contributed by atoms with Crippen LogP contribution in [0, 0.1) is 0 Å². The first-order chi connectivity index (χ1) is 15.7. The minimum atomic E-state index is -0.298. The van der Waals surface area contributed by atoms with Gasteiger partial charge in [-0.05, 0) is 67.8 Å². The third-order valence-corrected chi connectivity index (χ3v) is 6.99. The maximum Gasteiger partial charge on any atom is 0.252 e. The number of carbonyl (C=O) groups is 1. The van der Waals surface area contributed by atoms with E-state index in [9.17, 15) is 4.79 Å². The average molecular weight is 449 g/mol. The summed E-state index contributed by atoms with van der Waals surface area (Å²) >= 11 is 1.71. The maximum absolute atomic E-state index is 13.3. The zero-order valence-electron chi connectivity index (χ0n) is 18.5. The molecule has 0 N–H and O–H groups in total. The van der Waals surface area contributed by atoms with Crippen LogP contribution in [-0.4, -0.2) is 47.9 Å². The molecule has 5 nitrogen and oxygen atoms in total. The van der Waals surface area contributed by atoms with E-state index in [0.717, 1.165) is 59.2 Å². The minimum Gasteiger partial charge on any atom is -0.497 e. The van der Waals surface area contributed by atoms with Crippen molar-refractivity contribution in [1.82, 2.24) is 9.88 Å². The molecule has 1 aliphatic carbocycles. The van der Waals surface area contributed by atoms with Crippen molar-refractivity contribution in [1.29, 1.82) is 0 Å². The number of hydrogen-bond acceptors (Lipinski definition) is 5. The van der Waals surface area contributed by atoms with Crippen molar-refractivity contribution in [2.45, 2.75) is 49.3 Å². The number of pyridine rings is 1. The SMILES string of the molecule is COc1cccc(-c2nc3cc(SC)ccc3cc2CN(C(=O)C2CCCO2)C2CC2)c1. The number of rotatable bonds is 7. The highest BCUT2D eigenvalue weighted by Gasteiger charge is 2.37. The Kier molecular flexibility index (Phi) is 6.07. The summed E-state index contributed by atoms with van der Waals surface area (Å²) in [5, 5.41) is 1.09. The number of nitrogens with zero attached hydrogens (tertiary/aromatic N) is 2. The molecule has 0 bridgehead atoms. The molecule has 1 saturated heterocycles. The summed E-state index contributed by atoms with van der Waals surface area (Å²) in [6.45, 7) is 1.22. The third kappa shape index (κ3) is 4.34. The summed E-state index contributed by atoms with van der Waals surface area (Å²) < 4.78 is 11.2. The van der Waals surface area contributed by atoms with E-state index in [1.165, 1.54) is 4.90 Å². The van der Waals surface area contributed by atoms with Crippen LogP contribution in [0.3, 0.4) is 0 Å². The molecule has 166 valence electrons. The highest BCUT2D eigenvalue weighted by molar-refractivity contribution is 7.98. The van der Waals surface area contributed by atoms with E-state index in [1.54, 1.807) is 18.9 Å². The van der Waals surface area contributed by atoms with Gasteiger partial charge in [0.05, 0.1) is 18.3 Å². The topological polar surface area (TPSA) is 51.7 Å². The maximum atomic E-state index is 13.3. The van der Waals surface area contributed by atoms with Gasteiger partial charge in [-0.3, -0.25) is 4.79 Å². The lowest BCUT2D eigenvalue weighted by Gasteiger charge is -2.26. The molecule has 1 saturated carbocycles. The van der Waals surface area contributed by atoms with Crippen LogP contribution in [0.4, 0.5) is 0 Å². The van der Waals surface area contributed by atoms with Crippen LogP contribution >= 0.6 is 11.8 Å². The number of hydrogen-bond donors (Lipinski definition) is 0. The second-order valence-corrected chi connectivity index (χ2v) is 9.37. The highest BCUT2D eigenvalue weighted by Crippen LogP contribution is 2.35. The largest absolute Gasteiger partial charge is 0.497 e. The van der Waals surface area contributed by atoms with Gasteiger partial charge in [0.25, 0.3) is 5.91 Å². The second-order valence-electron chi connectivity index (χ2n) is 8.49. The van der Waals surface area contributed by atoms with Gasteiger partial charge in [-0.25, -0.2) is 4.98 Å². The molecule has 2 heterocycles. The fourth-order valence-electron chi connectivity index (χ4n) is 4.37. The van der Waals surface area contributed by atoms with Crippen molar-refractivity contribution in [3.8, 4) is 17.0 Å². The minimum absolute atomic E-state index is 0.124. The van der Waals surface area contributed by atoms with Crippen molar-refractivity contribution in [2.75, 3.05) is 20.0 Å². The Hall–Kier alpha value is -2.57. The summed E-state index contributed by atoms with van der Waals surface area (Å²) in [6, 6.07) is 16.9. The Morgan fingerprint density at radius 1 is 1.19 bits per heavy atom. The molecule has 2 aromatic carbocycles. The van der Waals surface area contributed by atoms with Crippen LogP contribution in [0.15, 0.2) is 53.4 Å². The van der Waals surface area contributed by atoms with Crippen molar-refractivity contribution >= 4 is 28.6 Å². The lowest BCUT2D eigenvalue weighted by Crippen LogP contribution is -2.40. The zero-order chi connectivity index (χ0) is 22.1. The van der Waals surface area contributed by atoms with Gasteiger partial charge >= 0.3 is 0 Å². The van der Waals surface area contributed by atoms with Crippen molar-refractivity contribution < 1.29 is 14.3 Å². The first-order valence-corrected chi connectivity index (χ1v) is 12.4. The molecule has 1 unspecified atom stereocenters. The van der Waals surface area contributed by atoms with Gasteiger partial charge in [0.2, 0.25) is 0 Å². The molecular weight excluding hydrogens is 420 g/mol. The van der Waals surface area contributed by atoms with Crippen LogP contribution in [0.1, 0.15) is 31.2 Å². The molecule has 0 spiro atoms. The number of methoxy groups -OCH3 is 1. The van der Waals surface area contributed by atoms with Gasteiger partial charge in [0.1, 0.15) is 11.9 Å². The van der Waals surface area contributed by atoms with E-state index < -0.39 is 0 Å². The first kappa shape index (κ1) is 21.3. The normalized spacial score (nSPS) is 18.1. The lowest BCUT2D eigenvalue weighted by atomic mass is 10.0. The molecular formula is C26H28N2O3S. The quantitative estimate of drug-likeness (QED) is 0.459. The van der Waals surface area contributed by atoms with Gasteiger partial charge in [-0.1, -0.05) is 18.2 Å². The molecule has 6 heteroatoms. The standard InChI is InChI=1S/C26H28N2O3S/c1-30-21-6-3-5-18(14-21)25-19(13-17-8-11-22(32-2)15-23(17)27-25)16-28(20-9-10-20)26(29)24-7-4-12-31-24/h3,5-6,8,11,13-15,20,24H,4,7,9-10,12,16H2,1-2H3. The summed E-state index contributed by atoms with van der Waals surface area (Å²) in [6.07, 6.45) is 5.67. The molecule has 3 aromatic rings. The predicted octanol–water partition coefficient (Wildman–Crippen LogP) is 5.30. The number of fused-ring (bicyclic) bond motifs is 1. The lowest BCUT2D eigenvalue weighted by molar-refractivity contribution is -0.142. The smallest absolute Gasteiger partial charge is 0.252 e. The summed E-state index contributed by atoms with van der Waals surface area (Å²) in [5.41, 5.74) is 3.92. The molecule has 2 fully saturated rings. The van der Waals surface area contributed by atoms with Crippen molar-refractivity contribution in [2.24, 2.45) is 0 Å². The molecule has 5 rings (SSSR count). The van der Waals surface area contributed by atoms with Gasteiger partial charge in [-0.2, -0.15) is 0 Å². The number of thioether (sulfide) groups is 1. The summed E-state index contributed by atoms with van der Waals surface area (Å²) in [5.74, 6) is 0.919. The van der Waals surface area contributed by atoms with Crippen molar-refractivity contribution in [3.63, 3.8) is 0 Å². The van der Waals surface area contributed by atoms with E-state index in [2.05, 4.69) is 36.6 Å². The van der Waals surface area contributed by atoms with Crippen LogP contribution in [0.25, 0.3) is 22.2 Å².